The number of anilines is 1. The van der Waals surface area contributed by atoms with E-state index in [1.54, 1.807) is 11.3 Å². The fourth-order valence-corrected chi connectivity index (χ4v) is 6.13. The molecule has 0 saturated carbocycles. The number of para-hydroxylation sites is 1. The standard InChI is InChI=1S/C21H18N4O4S2/c1-2-24-10-9-12-16(11-24)31-21(23-19(26)14-7-8-17(29-14)25(27)28)18(12)20-22-13-5-3-4-6-15(13)30-20/h3-8H,2,9-11H2,1H3,(H,23,26). The summed E-state index contributed by atoms with van der Waals surface area (Å²) in [5, 5.41) is 15.4. The second-order valence-electron chi connectivity index (χ2n) is 7.16. The zero-order valence-corrected chi connectivity index (χ0v) is 18.2. The molecule has 4 heterocycles. The molecule has 8 nitrogen and oxygen atoms in total. The van der Waals surface area contributed by atoms with Crippen molar-refractivity contribution >= 4 is 49.7 Å². The quantitative estimate of drug-likeness (QED) is 0.330. The van der Waals surface area contributed by atoms with Crippen LogP contribution in [-0.2, 0) is 13.0 Å². The second-order valence-corrected chi connectivity index (χ2v) is 9.30. The van der Waals surface area contributed by atoms with Gasteiger partial charge in [-0.15, -0.1) is 22.7 Å². The molecule has 0 bridgehead atoms. The molecule has 31 heavy (non-hydrogen) atoms. The Labute approximate surface area is 185 Å². The van der Waals surface area contributed by atoms with Gasteiger partial charge in [-0.1, -0.05) is 19.1 Å². The number of thiophene rings is 1. The van der Waals surface area contributed by atoms with E-state index < -0.39 is 16.7 Å². The highest BCUT2D eigenvalue weighted by Crippen LogP contribution is 2.45. The lowest BCUT2D eigenvalue weighted by Crippen LogP contribution is -2.29. The number of benzene rings is 1. The summed E-state index contributed by atoms with van der Waals surface area (Å²) in [5.74, 6) is -1.06. The van der Waals surface area contributed by atoms with E-state index >= 15 is 0 Å². The van der Waals surface area contributed by atoms with Gasteiger partial charge >= 0.3 is 5.88 Å². The average molecular weight is 455 g/mol. The molecule has 0 radical (unpaired) electrons. The Kier molecular flexibility index (Phi) is 5.05. The number of nitro groups is 1. The lowest BCUT2D eigenvalue weighted by atomic mass is 10.0. The van der Waals surface area contributed by atoms with Crippen molar-refractivity contribution in [1.82, 2.24) is 9.88 Å². The van der Waals surface area contributed by atoms with Crippen molar-refractivity contribution in [3.8, 4) is 10.6 Å². The first-order chi connectivity index (χ1) is 15.0. The number of carbonyl (C=O) groups is 1. The van der Waals surface area contributed by atoms with E-state index in [0.717, 1.165) is 46.8 Å². The molecule has 3 aromatic heterocycles. The molecule has 0 unspecified atom stereocenters. The van der Waals surface area contributed by atoms with Gasteiger partial charge in [0.15, 0.2) is 5.76 Å². The molecule has 1 aromatic carbocycles. The molecule has 1 aliphatic rings. The fourth-order valence-electron chi connectivity index (χ4n) is 3.73. The third kappa shape index (κ3) is 3.62. The number of furan rings is 1. The molecule has 0 fully saturated rings. The highest BCUT2D eigenvalue weighted by atomic mass is 32.1. The lowest BCUT2D eigenvalue weighted by Gasteiger charge is -2.25. The van der Waals surface area contributed by atoms with Crippen LogP contribution >= 0.6 is 22.7 Å². The third-order valence-corrected chi connectivity index (χ3v) is 7.50. The van der Waals surface area contributed by atoms with Crippen LogP contribution in [0.15, 0.2) is 40.8 Å². The van der Waals surface area contributed by atoms with Gasteiger partial charge in [0.1, 0.15) is 14.9 Å². The Balaban J connectivity index is 1.56. The zero-order chi connectivity index (χ0) is 21.5. The van der Waals surface area contributed by atoms with E-state index in [4.69, 9.17) is 9.40 Å². The summed E-state index contributed by atoms with van der Waals surface area (Å²) in [6.07, 6.45) is 0.882. The van der Waals surface area contributed by atoms with Crippen LogP contribution in [0.3, 0.4) is 0 Å². The van der Waals surface area contributed by atoms with Crippen molar-refractivity contribution in [3.63, 3.8) is 0 Å². The normalized spacial score (nSPS) is 14.0. The van der Waals surface area contributed by atoms with Gasteiger partial charge in [0, 0.05) is 23.5 Å². The van der Waals surface area contributed by atoms with Crippen molar-refractivity contribution in [3.05, 3.63) is 62.7 Å². The highest BCUT2D eigenvalue weighted by Gasteiger charge is 2.28. The van der Waals surface area contributed by atoms with E-state index in [2.05, 4.69) is 17.1 Å². The van der Waals surface area contributed by atoms with Crippen LogP contribution < -0.4 is 5.32 Å². The maximum absolute atomic E-state index is 12.8. The predicted molar refractivity (Wildman–Crippen MR) is 121 cm³/mol. The predicted octanol–water partition coefficient (Wildman–Crippen LogP) is 5.16. The smallest absolute Gasteiger partial charge is 0.395 e. The van der Waals surface area contributed by atoms with Gasteiger partial charge in [-0.25, -0.2) is 4.98 Å². The number of carbonyl (C=O) groups excluding carboxylic acids is 1. The molecule has 1 N–H and O–H groups in total. The third-order valence-electron chi connectivity index (χ3n) is 5.31. The fraction of sp³-hybridized carbons (Fsp3) is 0.238. The molecule has 0 aliphatic carbocycles. The topological polar surface area (TPSA) is 102 Å². The van der Waals surface area contributed by atoms with Crippen LogP contribution in [0.1, 0.15) is 27.9 Å². The summed E-state index contributed by atoms with van der Waals surface area (Å²) in [6.45, 7) is 4.89. The summed E-state index contributed by atoms with van der Waals surface area (Å²) in [5.41, 5.74) is 3.09. The molecule has 10 heteroatoms. The highest BCUT2D eigenvalue weighted by molar-refractivity contribution is 7.22. The minimum absolute atomic E-state index is 0.0940. The molecule has 0 spiro atoms. The van der Waals surface area contributed by atoms with E-state index in [-0.39, 0.29) is 5.76 Å². The van der Waals surface area contributed by atoms with Crippen LogP contribution in [0.2, 0.25) is 0 Å². The Morgan fingerprint density at radius 3 is 2.87 bits per heavy atom. The summed E-state index contributed by atoms with van der Waals surface area (Å²) >= 11 is 3.14. The number of amides is 1. The number of hydrogen-bond acceptors (Lipinski definition) is 8. The number of hydrogen-bond donors (Lipinski definition) is 1. The van der Waals surface area contributed by atoms with E-state index in [9.17, 15) is 14.9 Å². The minimum Gasteiger partial charge on any atom is -0.395 e. The number of aromatic nitrogens is 1. The molecule has 4 aromatic rings. The van der Waals surface area contributed by atoms with Gasteiger partial charge in [-0.3, -0.25) is 19.8 Å². The monoisotopic (exact) mass is 454 g/mol. The first-order valence-electron chi connectivity index (χ1n) is 9.82. The minimum atomic E-state index is -0.660. The Hall–Kier alpha value is -3.08. The maximum atomic E-state index is 12.8. The molecular weight excluding hydrogens is 436 g/mol. The molecule has 0 saturated heterocycles. The number of nitrogens with one attached hydrogen (secondary N) is 1. The van der Waals surface area contributed by atoms with Crippen molar-refractivity contribution < 1.29 is 14.1 Å². The summed E-state index contributed by atoms with van der Waals surface area (Å²) in [4.78, 5) is 31.4. The van der Waals surface area contributed by atoms with Crippen molar-refractivity contribution in [2.24, 2.45) is 0 Å². The number of rotatable bonds is 5. The summed E-state index contributed by atoms with van der Waals surface area (Å²) in [6, 6.07) is 10.5. The Morgan fingerprint density at radius 1 is 1.29 bits per heavy atom. The summed E-state index contributed by atoms with van der Waals surface area (Å²) in [7, 11) is 0. The summed E-state index contributed by atoms with van der Waals surface area (Å²) < 4.78 is 6.17. The number of nitrogens with zero attached hydrogens (tertiary/aromatic N) is 3. The zero-order valence-electron chi connectivity index (χ0n) is 16.6. The average Bonchev–Trinajstić information content (AvgIpc) is 3.48. The molecule has 1 aliphatic heterocycles. The molecule has 1 amide bonds. The number of likely N-dealkylation sites (N-methyl/N-ethyl adjacent to an activating group) is 1. The van der Waals surface area contributed by atoms with Gasteiger partial charge in [0.05, 0.1) is 16.3 Å². The number of thiazole rings is 1. The van der Waals surface area contributed by atoms with Crippen LogP contribution in [-0.4, -0.2) is 33.8 Å². The molecule has 158 valence electrons. The van der Waals surface area contributed by atoms with Crippen LogP contribution in [0.25, 0.3) is 20.8 Å². The van der Waals surface area contributed by atoms with Gasteiger partial charge in [-0.05, 0) is 36.7 Å². The van der Waals surface area contributed by atoms with E-state index in [0.29, 0.717) is 5.00 Å². The van der Waals surface area contributed by atoms with Gasteiger partial charge < -0.3 is 9.73 Å². The Morgan fingerprint density at radius 2 is 2.13 bits per heavy atom. The largest absolute Gasteiger partial charge is 0.433 e. The first-order valence-corrected chi connectivity index (χ1v) is 11.4. The van der Waals surface area contributed by atoms with Crippen molar-refractivity contribution in [2.45, 2.75) is 19.9 Å². The Bertz CT molecular complexity index is 1270. The van der Waals surface area contributed by atoms with Crippen molar-refractivity contribution in [2.75, 3.05) is 18.4 Å². The maximum Gasteiger partial charge on any atom is 0.433 e. The van der Waals surface area contributed by atoms with Gasteiger partial charge in [0.25, 0.3) is 5.91 Å². The van der Waals surface area contributed by atoms with Crippen LogP contribution in [0.5, 0.6) is 0 Å². The lowest BCUT2D eigenvalue weighted by molar-refractivity contribution is -0.402. The number of fused-ring (bicyclic) bond motifs is 2. The van der Waals surface area contributed by atoms with Gasteiger partial charge in [0.2, 0.25) is 0 Å². The molecule has 5 rings (SSSR count). The molecular formula is C21H18N4O4S2. The van der Waals surface area contributed by atoms with E-state index in [1.807, 2.05) is 24.3 Å². The van der Waals surface area contributed by atoms with E-state index in [1.165, 1.54) is 33.9 Å². The van der Waals surface area contributed by atoms with Gasteiger partial charge in [-0.2, -0.15) is 0 Å². The molecule has 0 atom stereocenters. The SMILES string of the molecule is CCN1CCc2c(sc(NC(=O)c3ccc([N+](=O)[O-])o3)c2-c2nc3ccccc3s2)C1. The van der Waals surface area contributed by atoms with Crippen LogP contribution in [0, 0.1) is 10.1 Å². The van der Waals surface area contributed by atoms with Crippen LogP contribution in [0.4, 0.5) is 10.9 Å². The first kappa shape index (κ1) is 19.9. The second kappa shape index (κ2) is 7.88. The van der Waals surface area contributed by atoms with Crippen molar-refractivity contribution in [1.29, 1.82) is 0 Å².